The maximum atomic E-state index is 13.9. The van der Waals surface area contributed by atoms with Crippen molar-refractivity contribution in [2.24, 2.45) is 0 Å². The van der Waals surface area contributed by atoms with Crippen LogP contribution in [0.15, 0.2) is 47.4 Å². The summed E-state index contributed by atoms with van der Waals surface area (Å²) in [4.78, 5) is 14.0. The summed E-state index contributed by atoms with van der Waals surface area (Å²) in [5.41, 5.74) is 0. The van der Waals surface area contributed by atoms with Gasteiger partial charge >= 0.3 is 6.03 Å². The van der Waals surface area contributed by atoms with Crippen molar-refractivity contribution in [3.63, 3.8) is 0 Å². The monoisotopic (exact) mass is 443 g/mol. The molecule has 3 saturated heterocycles. The van der Waals surface area contributed by atoms with Crippen molar-refractivity contribution in [3.05, 3.63) is 42.5 Å². The first-order chi connectivity index (χ1) is 14.9. The average molecular weight is 444 g/mol. The predicted molar refractivity (Wildman–Crippen MR) is 118 cm³/mol. The van der Waals surface area contributed by atoms with Crippen LogP contribution < -0.4 is 10.6 Å². The standard InChI is InChI=1S/C23H29N3O4S/c27-20-13-18-7-8-19(14-20)26(18)22(28)25-23(10-3-11-24-15-23)31(29,30)21-9-6-16-4-1-2-5-17(16)12-21/h1-2,4-6,9,12,18-20,24,27H,3,7-8,10-11,13-15H2,(H,25,28)/t18?,19?,20?,23-/m0/s1. The number of sulfone groups is 1. The van der Waals surface area contributed by atoms with E-state index >= 15 is 0 Å². The summed E-state index contributed by atoms with van der Waals surface area (Å²) < 4.78 is 27.8. The summed E-state index contributed by atoms with van der Waals surface area (Å²) in [7, 11) is -3.84. The molecule has 2 bridgehead atoms. The van der Waals surface area contributed by atoms with E-state index in [0.29, 0.717) is 25.7 Å². The molecular weight excluding hydrogens is 414 g/mol. The molecule has 0 spiro atoms. The number of piperidine rings is 2. The number of amides is 2. The molecule has 3 aliphatic heterocycles. The van der Waals surface area contributed by atoms with Crippen molar-refractivity contribution < 1.29 is 18.3 Å². The SMILES string of the molecule is O=C(N[C@]1(S(=O)(=O)c2ccc3ccccc3c2)CCCNC1)N1C2CCC1CC(O)C2. The minimum atomic E-state index is -3.84. The smallest absolute Gasteiger partial charge is 0.319 e. The zero-order valence-corrected chi connectivity index (χ0v) is 18.3. The minimum Gasteiger partial charge on any atom is -0.393 e. The number of aliphatic hydroxyl groups is 1. The second-order valence-corrected chi connectivity index (χ2v) is 11.4. The quantitative estimate of drug-likeness (QED) is 0.677. The van der Waals surface area contributed by atoms with Crippen LogP contribution in [0.2, 0.25) is 0 Å². The number of carbonyl (C=O) groups is 1. The van der Waals surface area contributed by atoms with Crippen LogP contribution in [0.4, 0.5) is 4.79 Å². The topological polar surface area (TPSA) is 98.7 Å². The first-order valence-electron chi connectivity index (χ1n) is 11.1. The molecule has 5 rings (SSSR count). The number of carbonyl (C=O) groups excluding carboxylic acids is 1. The van der Waals surface area contributed by atoms with Crippen LogP contribution in [0.3, 0.4) is 0 Å². The van der Waals surface area contributed by atoms with E-state index in [1.807, 2.05) is 30.3 Å². The summed E-state index contributed by atoms with van der Waals surface area (Å²) >= 11 is 0. The van der Waals surface area contributed by atoms with Crippen LogP contribution in [-0.2, 0) is 9.84 Å². The van der Waals surface area contributed by atoms with Gasteiger partial charge < -0.3 is 20.6 Å². The number of hydrogen-bond donors (Lipinski definition) is 3. The lowest BCUT2D eigenvalue weighted by Crippen LogP contribution is -2.65. The van der Waals surface area contributed by atoms with E-state index in [-0.39, 0.29) is 35.7 Å². The van der Waals surface area contributed by atoms with Gasteiger partial charge in [-0.15, -0.1) is 0 Å². The van der Waals surface area contributed by atoms with Gasteiger partial charge in [0.1, 0.15) is 0 Å². The zero-order valence-electron chi connectivity index (χ0n) is 17.5. The summed E-state index contributed by atoms with van der Waals surface area (Å²) in [6.07, 6.45) is 3.49. The minimum absolute atomic E-state index is 0.0225. The van der Waals surface area contributed by atoms with Gasteiger partial charge in [-0.05, 0) is 68.0 Å². The molecule has 0 radical (unpaired) electrons. The van der Waals surface area contributed by atoms with Crippen molar-refractivity contribution in [1.82, 2.24) is 15.5 Å². The summed E-state index contributed by atoms with van der Waals surface area (Å²) in [6, 6.07) is 12.5. The number of aliphatic hydroxyl groups excluding tert-OH is 1. The van der Waals surface area contributed by atoms with Gasteiger partial charge in [-0.25, -0.2) is 13.2 Å². The molecule has 7 nitrogen and oxygen atoms in total. The Labute approximate surface area is 182 Å². The molecule has 0 aliphatic carbocycles. The third-order valence-electron chi connectivity index (χ3n) is 7.17. The highest BCUT2D eigenvalue weighted by Gasteiger charge is 2.50. The van der Waals surface area contributed by atoms with E-state index in [9.17, 15) is 18.3 Å². The lowest BCUT2D eigenvalue weighted by atomic mass is 10.0. The Kier molecular flexibility index (Phi) is 5.19. The van der Waals surface area contributed by atoms with Gasteiger partial charge in [0, 0.05) is 18.6 Å². The Morgan fingerprint density at radius 3 is 2.48 bits per heavy atom. The van der Waals surface area contributed by atoms with Gasteiger partial charge in [-0.3, -0.25) is 0 Å². The van der Waals surface area contributed by atoms with E-state index in [0.717, 1.165) is 30.2 Å². The summed E-state index contributed by atoms with van der Waals surface area (Å²) in [5, 5.41) is 18.0. The molecule has 31 heavy (non-hydrogen) atoms. The van der Waals surface area contributed by atoms with Gasteiger partial charge in [0.2, 0.25) is 9.84 Å². The average Bonchev–Trinajstić information content (AvgIpc) is 3.05. The highest BCUT2D eigenvalue weighted by atomic mass is 32.2. The largest absolute Gasteiger partial charge is 0.393 e. The molecule has 0 saturated carbocycles. The fraction of sp³-hybridized carbons (Fsp3) is 0.522. The molecule has 3 heterocycles. The van der Waals surface area contributed by atoms with Crippen LogP contribution in [0, 0.1) is 0 Å². The lowest BCUT2D eigenvalue weighted by molar-refractivity contribution is 0.0525. The second kappa shape index (κ2) is 7.76. The molecular formula is C23H29N3O4S. The highest BCUT2D eigenvalue weighted by Crippen LogP contribution is 2.37. The molecule has 3 N–H and O–H groups in total. The van der Waals surface area contributed by atoms with Gasteiger partial charge in [0.25, 0.3) is 0 Å². The van der Waals surface area contributed by atoms with Crippen LogP contribution in [0.5, 0.6) is 0 Å². The van der Waals surface area contributed by atoms with E-state index in [4.69, 9.17) is 0 Å². The first-order valence-corrected chi connectivity index (χ1v) is 12.6. The molecule has 166 valence electrons. The Balaban J connectivity index is 1.48. The Morgan fingerprint density at radius 1 is 1.10 bits per heavy atom. The Bertz CT molecular complexity index is 1080. The summed E-state index contributed by atoms with van der Waals surface area (Å²) in [6.45, 7) is 0.908. The van der Waals surface area contributed by atoms with Crippen LogP contribution in [-0.4, -0.2) is 60.6 Å². The molecule has 3 aliphatic rings. The van der Waals surface area contributed by atoms with Crippen molar-refractivity contribution in [2.45, 2.75) is 66.5 Å². The number of rotatable bonds is 3. The number of benzene rings is 2. The van der Waals surface area contributed by atoms with Crippen LogP contribution in [0.1, 0.15) is 38.5 Å². The first kappa shape index (κ1) is 20.7. The molecule has 3 atom stereocenters. The van der Waals surface area contributed by atoms with Crippen LogP contribution >= 0.6 is 0 Å². The number of nitrogens with zero attached hydrogens (tertiary/aromatic N) is 1. The lowest BCUT2D eigenvalue weighted by Gasteiger charge is -2.42. The highest BCUT2D eigenvalue weighted by molar-refractivity contribution is 7.92. The van der Waals surface area contributed by atoms with Gasteiger partial charge in [-0.1, -0.05) is 30.3 Å². The molecule has 8 heteroatoms. The molecule has 2 aromatic carbocycles. The van der Waals surface area contributed by atoms with Crippen molar-refractivity contribution in [1.29, 1.82) is 0 Å². The molecule has 2 amide bonds. The number of fused-ring (bicyclic) bond motifs is 3. The van der Waals surface area contributed by atoms with E-state index < -0.39 is 14.7 Å². The predicted octanol–water partition coefficient (Wildman–Crippen LogP) is 2.39. The Morgan fingerprint density at radius 2 is 1.81 bits per heavy atom. The van der Waals surface area contributed by atoms with Crippen LogP contribution in [0.25, 0.3) is 10.8 Å². The van der Waals surface area contributed by atoms with Gasteiger partial charge in [-0.2, -0.15) is 0 Å². The number of nitrogens with one attached hydrogen (secondary N) is 2. The number of hydrogen-bond acceptors (Lipinski definition) is 5. The third kappa shape index (κ3) is 3.50. The van der Waals surface area contributed by atoms with Crippen molar-refractivity contribution >= 4 is 26.6 Å². The molecule has 2 unspecified atom stereocenters. The second-order valence-electron chi connectivity index (χ2n) is 9.13. The van der Waals surface area contributed by atoms with Crippen molar-refractivity contribution in [2.75, 3.05) is 13.1 Å². The van der Waals surface area contributed by atoms with E-state index in [1.165, 1.54) is 0 Å². The van der Waals surface area contributed by atoms with Crippen molar-refractivity contribution in [3.8, 4) is 0 Å². The molecule has 3 fully saturated rings. The normalized spacial score (nSPS) is 31.0. The maximum absolute atomic E-state index is 13.9. The van der Waals surface area contributed by atoms with Gasteiger partial charge in [0.15, 0.2) is 4.87 Å². The zero-order chi connectivity index (χ0) is 21.6. The van der Waals surface area contributed by atoms with Gasteiger partial charge in [0.05, 0.1) is 11.0 Å². The third-order valence-corrected chi connectivity index (χ3v) is 9.52. The fourth-order valence-electron chi connectivity index (χ4n) is 5.58. The fourth-order valence-corrected chi connectivity index (χ4v) is 7.49. The molecule has 2 aromatic rings. The maximum Gasteiger partial charge on any atom is 0.319 e. The number of urea groups is 1. The van der Waals surface area contributed by atoms with E-state index in [2.05, 4.69) is 10.6 Å². The molecule has 0 aromatic heterocycles. The summed E-state index contributed by atoms with van der Waals surface area (Å²) in [5.74, 6) is 0. The Hall–Kier alpha value is -2.16. The van der Waals surface area contributed by atoms with E-state index in [1.54, 1.807) is 17.0 Å².